The minimum atomic E-state index is -0.0154. The van der Waals surface area contributed by atoms with Gasteiger partial charge < -0.3 is 15.4 Å². The van der Waals surface area contributed by atoms with Crippen LogP contribution in [0.2, 0.25) is 0 Å². The van der Waals surface area contributed by atoms with E-state index in [1.165, 1.54) is 6.33 Å². The zero-order chi connectivity index (χ0) is 17.6. The van der Waals surface area contributed by atoms with Gasteiger partial charge in [-0.3, -0.25) is 4.79 Å². The summed E-state index contributed by atoms with van der Waals surface area (Å²) in [7, 11) is 1.66. The van der Waals surface area contributed by atoms with E-state index in [-0.39, 0.29) is 11.3 Å². The van der Waals surface area contributed by atoms with E-state index in [4.69, 9.17) is 4.74 Å². The van der Waals surface area contributed by atoms with Gasteiger partial charge in [-0.25, -0.2) is 14.6 Å². The average Bonchev–Trinajstić information content (AvgIpc) is 2.90. The third kappa shape index (κ3) is 5.16. The van der Waals surface area contributed by atoms with Crippen LogP contribution < -0.4 is 10.6 Å². The summed E-state index contributed by atoms with van der Waals surface area (Å²) in [6.07, 6.45) is 3.75. The van der Waals surface area contributed by atoms with Crippen molar-refractivity contribution in [3.63, 3.8) is 0 Å². The van der Waals surface area contributed by atoms with Gasteiger partial charge in [-0.2, -0.15) is 5.10 Å². The molecule has 0 aliphatic rings. The predicted octanol–water partition coefficient (Wildman–Crippen LogP) is 1.44. The summed E-state index contributed by atoms with van der Waals surface area (Å²) in [6, 6.07) is 0. The first-order chi connectivity index (χ1) is 11.4. The van der Waals surface area contributed by atoms with Gasteiger partial charge in [0.1, 0.15) is 12.1 Å². The van der Waals surface area contributed by atoms with Gasteiger partial charge in [0.05, 0.1) is 24.7 Å². The number of fused-ring (bicyclic) bond motifs is 1. The van der Waals surface area contributed by atoms with Crippen molar-refractivity contribution in [1.29, 1.82) is 0 Å². The molecule has 8 heteroatoms. The zero-order valence-corrected chi connectivity index (χ0v) is 14.8. The van der Waals surface area contributed by atoms with Crippen molar-refractivity contribution in [3.05, 3.63) is 12.5 Å². The fraction of sp³-hybridized carbons (Fsp3) is 0.625. The SMILES string of the molecule is COCCNc1ncnc2c1cnn2CCNC(=O)CC(C)(C)C. The maximum atomic E-state index is 11.9. The highest BCUT2D eigenvalue weighted by atomic mass is 16.5. The first-order valence-electron chi connectivity index (χ1n) is 8.07. The Morgan fingerprint density at radius 1 is 1.29 bits per heavy atom. The van der Waals surface area contributed by atoms with E-state index in [2.05, 4.69) is 25.7 Å². The first-order valence-corrected chi connectivity index (χ1v) is 8.07. The van der Waals surface area contributed by atoms with Crippen LogP contribution in [0.1, 0.15) is 27.2 Å². The molecule has 2 N–H and O–H groups in total. The summed E-state index contributed by atoms with van der Waals surface area (Å²) < 4.78 is 6.80. The van der Waals surface area contributed by atoms with Gasteiger partial charge in [0, 0.05) is 26.6 Å². The molecule has 2 heterocycles. The molecule has 2 rings (SSSR count). The Hall–Kier alpha value is -2.22. The summed E-state index contributed by atoms with van der Waals surface area (Å²) in [5.74, 6) is 0.788. The molecule has 0 atom stereocenters. The highest BCUT2D eigenvalue weighted by Crippen LogP contribution is 2.19. The number of aromatic nitrogens is 4. The van der Waals surface area contributed by atoms with Crippen molar-refractivity contribution in [2.75, 3.05) is 32.1 Å². The molecular formula is C16H26N6O2. The number of nitrogens with one attached hydrogen (secondary N) is 2. The maximum Gasteiger partial charge on any atom is 0.220 e. The average molecular weight is 334 g/mol. The number of rotatable bonds is 8. The number of anilines is 1. The highest BCUT2D eigenvalue weighted by Gasteiger charge is 2.15. The van der Waals surface area contributed by atoms with Gasteiger partial charge in [0.15, 0.2) is 5.65 Å². The Labute approximate surface area is 142 Å². The first kappa shape index (κ1) is 18.1. The molecule has 0 aliphatic heterocycles. The van der Waals surface area contributed by atoms with Crippen molar-refractivity contribution in [1.82, 2.24) is 25.1 Å². The van der Waals surface area contributed by atoms with Crippen molar-refractivity contribution in [3.8, 4) is 0 Å². The van der Waals surface area contributed by atoms with E-state index in [0.29, 0.717) is 32.7 Å². The Morgan fingerprint density at radius 3 is 2.79 bits per heavy atom. The Morgan fingerprint density at radius 2 is 2.08 bits per heavy atom. The van der Waals surface area contributed by atoms with Crippen LogP contribution in [-0.4, -0.2) is 52.5 Å². The monoisotopic (exact) mass is 334 g/mol. The molecule has 1 amide bonds. The Bertz CT molecular complexity index is 677. The van der Waals surface area contributed by atoms with Crippen molar-refractivity contribution in [2.24, 2.45) is 5.41 Å². The van der Waals surface area contributed by atoms with Crippen LogP contribution in [0.4, 0.5) is 5.82 Å². The van der Waals surface area contributed by atoms with Crippen molar-refractivity contribution < 1.29 is 9.53 Å². The Balaban J connectivity index is 1.95. The van der Waals surface area contributed by atoms with Gasteiger partial charge in [-0.1, -0.05) is 20.8 Å². The van der Waals surface area contributed by atoms with E-state index >= 15 is 0 Å². The predicted molar refractivity (Wildman–Crippen MR) is 92.8 cm³/mol. The molecule has 0 saturated carbocycles. The highest BCUT2D eigenvalue weighted by molar-refractivity contribution is 5.86. The van der Waals surface area contributed by atoms with Crippen LogP contribution in [-0.2, 0) is 16.1 Å². The van der Waals surface area contributed by atoms with Crippen LogP contribution in [0.15, 0.2) is 12.5 Å². The molecule has 0 aliphatic carbocycles. The summed E-state index contributed by atoms with van der Waals surface area (Å²) in [4.78, 5) is 20.4. The van der Waals surface area contributed by atoms with Crippen molar-refractivity contribution in [2.45, 2.75) is 33.7 Å². The standard InChI is InChI=1S/C16H26N6O2/c1-16(2,3)9-13(23)17-5-7-22-15-12(10-21-22)14(19-11-20-15)18-6-8-24-4/h10-11H,5-9H2,1-4H3,(H,17,23)(H,18,19,20). The molecule has 0 saturated heterocycles. The molecule has 24 heavy (non-hydrogen) atoms. The normalized spacial score (nSPS) is 11.7. The Kier molecular flexibility index (Phi) is 6.08. The van der Waals surface area contributed by atoms with Gasteiger partial charge in [0.2, 0.25) is 5.91 Å². The lowest BCUT2D eigenvalue weighted by atomic mass is 9.92. The molecule has 132 valence electrons. The quantitative estimate of drug-likeness (QED) is 0.710. The number of carbonyl (C=O) groups is 1. The van der Waals surface area contributed by atoms with Crippen LogP contribution in [0.25, 0.3) is 11.0 Å². The lowest BCUT2D eigenvalue weighted by molar-refractivity contribution is -0.122. The summed E-state index contributed by atoms with van der Waals surface area (Å²) in [5, 5.41) is 11.3. The number of amides is 1. The molecule has 2 aromatic rings. The van der Waals surface area contributed by atoms with Gasteiger partial charge >= 0.3 is 0 Å². The number of nitrogens with zero attached hydrogens (tertiary/aromatic N) is 4. The second-order valence-electron chi connectivity index (χ2n) is 6.83. The number of hydrogen-bond donors (Lipinski definition) is 2. The van der Waals surface area contributed by atoms with Crippen LogP contribution in [0, 0.1) is 5.41 Å². The second-order valence-corrected chi connectivity index (χ2v) is 6.83. The molecule has 0 radical (unpaired) electrons. The van der Waals surface area contributed by atoms with Crippen LogP contribution in [0.3, 0.4) is 0 Å². The molecule has 0 fully saturated rings. The smallest absolute Gasteiger partial charge is 0.220 e. The largest absolute Gasteiger partial charge is 0.383 e. The van der Waals surface area contributed by atoms with E-state index < -0.39 is 0 Å². The summed E-state index contributed by atoms with van der Waals surface area (Å²) in [6.45, 7) is 8.47. The topological polar surface area (TPSA) is 94.0 Å². The van der Waals surface area contributed by atoms with Gasteiger partial charge in [-0.05, 0) is 5.41 Å². The minimum Gasteiger partial charge on any atom is -0.383 e. The van der Waals surface area contributed by atoms with E-state index in [1.807, 2.05) is 20.8 Å². The number of carbonyl (C=O) groups excluding carboxylic acids is 1. The second kappa shape index (κ2) is 8.05. The van der Waals surface area contributed by atoms with E-state index in [1.54, 1.807) is 18.0 Å². The molecule has 0 bridgehead atoms. The van der Waals surface area contributed by atoms with Crippen LogP contribution in [0.5, 0.6) is 0 Å². The minimum absolute atomic E-state index is 0.0154. The molecule has 0 unspecified atom stereocenters. The third-order valence-corrected chi connectivity index (χ3v) is 3.37. The lowest BCUT2D eigenvalue weighted by Crippen LogP contribution is -2.30. The van der Waals surface area contributed by atoms with E-state index in [0.717, 1.165) is 16.9 Å². The molecule has 8 nitrogen and oxygen atoms in total. The molecular weight excluding hydrogens is 308 g/mol. The van der Waals surface area contributed by atoms with Crippen LogP contribution >= 0.6 is 0 Å². The maximum absolute atomic E-state index is 11.9. The molecule has 0 spiro atoms. The zero-order valence-electron chi connectivity index (χ0n) is 14.8. The van der Waals surface area contributed by atoms with E-state index in [9.17, 15) is 4.79 Å². The lowest BCUT2D eigenvalue weighted by Gasteiger charge is -2.17. The summed E-state index contributed by atoms with van der Waals surface area (Å²) in [5.41, 5.74) is 0.730. The number of ether oxygens (including phenoxy) is 1. The van der Waals surface area contributed by atoms with Gasteiger partial charge in [0.25, 0.3) is 0 Å². The van der Waals surface area contributed by atoms with Crippen molar-refractivity contribution >= 4 is 22.8 Å². The number of hydrogen-bond acceptors (Lipinski definition) is 6. The fourth-order valence-corrected chi connectivity index (χ4v) is 2.31. The fourth-order valence-electron chi connectivity index (χ4n) is 2.31. The van der Waals surface area contributed by atoms with Gasteiger partial charge in [-0.15, -0.1) is 0 Å². The molecule has 2 aromatic heterocycles. The third-order valence-electron chi connectivity index (χ3n) is 3.37. The summed E-state index contributed by atoms with van der Waals surface area (Å²) >= 11 is 0. The molecule has 0 aromatic carbocycles. The number of methoxy groups -OCH3 is 1.